The maximum Gasteiger partial charge on any atom is 0.306 e. The van der Waals surface area contributed by atoms with Crippen LogP contribution in [0.3, 0.4) is 0 Å². The number of esters is 1. The van der Waals surface area contributed by atoms with Gasteiger partial charge in [0.2, 0.25) is 0 Å². The Kier molecular flexibility index (Phi) is 5.90. The number of carbonyl (C=O) groups excluding carboxylic acids is 2. The van der Waals surface area contributed by atoms with Crippen LogP contribution in [0.5, 0.6) is 0 Å². The van der Waals surface area contributed by atoms with Crippen molar-refractivity contribution in [2.45, 2.75) is 111 Å². The summed E-state index contributed by atoms with van der Waals surface area (Å²) in [7, 11) is 0. The zero-order valence-corrected chi connectivity index (χ0v) is 19.2. The van der Waals surface area contributed by atoms with Crippen LogP contribution in [0.2, 0.25) is 0 Å². The Hall–Kier alpha value is -0.860. The molecular weight excluding hydrogens is 360 g/mol. The van der Waals surface area contributed by atoms with E-state index in [1.54, 1.807) is 0 Å². The predicted molar refractivity (Wildman–Crippen MR) is 115 cm³/mol. The first-order chi connectivity index (χ1) is 13.7. The van der Waals surface area contributed by atoms with Gasteiger partial charge in [-0.05, 0) is 112 Å². The monoisotopic (exact) mass is 402 g/mol. The van der Waals surface area contributed by atoms with Crippen LogP contribution in [0.4, 0.5) is 0 Å². The van der Waals surface area contributed by atoms with Gasteiger partial charge in [-0.2, -0.15) is 0 Å². The van der Waals surface area contributed by atoms with Gasteiger partial charge in [0.25, 0.3) is 0 Å². The largest absolute Gasteiger partial charge is 0.463 e. The third-order valence-electron chi connectivity index (χ3n) is 9.98. The van der Waals surface area contributed by atoms with Crippen LogP contribution in [0.25, 0.3) is 0 Å². The van der Waals surface area contributed by atoms with Crippen molar-refractivity contribution in [1.82, 2.24) is 0 Å². The summed E-state index contributed by atoms with van der Waals surface area (Å²) in [6, 6.07) is 0. The molecule has 0 aromatic carbocycles. The minimum atomic E-state index is -0.0264. The zero-order valence-electron chi connectivity index (χ0n) is 19.2. The molecule has 0 aliphatic heterocycles. The van der Waals surface area contributed by atoms with Crippen LogP contribution in [-0.4, -0.2) is 17.9 Å². The van der Waals surface area contributed by atoms with Crippen molar-refractivity contribution in [3.8, 4) is 0 Å². The lowest BCUT2D eigenvalue weighted by molar-refractivity contribution is -0.147. The highest BCUT2D eigenvalue weighted by atomic mass is 16.5. The van der Waals surface area contributed by atoms with Gasteiger partial charge in [0, 0.05) is 19.3 Å². The van der Waals surface area contributed by atoms with Crippen molar-refractivity contribution in [2.24, 2.45) is 40.4 Å². The molecule has 4 fully saturated rings. The predicted octanol–water partition coefficient (Wildman–Crippen LogP) is 6.34. The molecule has 0 heterocycles. The minimum Gasteiger partial charge on any atom is -0.463 e. The van der Waals surface area contributed by atoms with Gasteiger partial charge in [0.15, 0.2) is 0 Å². The highest BCUT2D eigenvalue weighted by molar-refractivity contribution is 5.79. The Morgan fingerprint density at radius 2 is 1.79 bits per heavy atom. The molecule has 3 nitrogen and oxygen atoms in total. The molecule has 4 aliphatic rings. The summed E-state index contributed by atoms with van der Waals surface area (Å²) in [5, 5.41) is 0. The van der Waals surface area contributed by atoms with E-state index in [1.807, 2.05) is 13.8 Å². The summed E-state index contributed by atoms with van der Waals surface area (Å²) in [5.41, 5.74) is 0.883. The van der Waals surface area contributed by atoms with Gasteiger partial charge in [-0.3, -0.25) is 9.59 Å². The molecule has 29 heavy (non-hydrogen) atoms. The molecule has 0 aromatic heterocycles. The van der Waals surface area contributed by atoms with E-state index < -0.39 is 0 Å². The maximum atomic E-state index is 12.1. The number of hydrogen-bond donors (Lipinski definition) is 0. The van der Waals surface area contributed by atoms with Crippen molar-refractivity contribution in [3.63, 3.8) is 0 Å². The average molecular weight is 403 g/mol. The Labute approximate surface area is 177 Å². The number of ketones is 1. The van der Waals surface area contributed by atoms with Gasteiger partial charge in [-0.25, -0.2) is 0 Å². The normalized spacial score (nSPS) is 44.2. The smallest absolute Gasteiger partial charge is 0.306 e. The first-order valence-corrected chi connectivity index (χ1v) is 12.4. The van der Waals surface area contributed by atoms with E-state index >= 15 is 0 Å². The van der Waals surface area contributed by atoms with Gasteiger partial charge in [0.05, 0.1) is 6.10 Å². The van der Waals surface area contributed by atoms with E-state index in [1.165, 1.54) is 44.9 Å². The molecule has 4 saturated carbocycles. The van der Waals surface area contributed by atoms with Gasteiger partial charge in [0.1, 0.15) is 5.78 Å². The lowest BCUT2D eigenvalue weighted by Gasteiger charge is -2.60. The maximum absolute atomic E-state index is 12.1. The minimum absolute atomic E-state index is 0.00210. The Balaban J connectivity index is 1.40. The number of ether oxygens (including phenoxy) is 1. The second-order valence-corrected chi connectivity index (χ2v) is 11.6. The molecule has 4 rings (SSSR count). The van der Waals surface area contributed by atoms with Crippen molar-refractivity contribution < 1.29 is 14.3 Å². The van der Waals surface area contributed by atoms with Gasteiger partial charge in [-0.1, -0.05) is 13.8 Å². The molecule has 0 bridgehead atoms. The van der Waals surface area contributed by atoms with Crippen LogP contribution in [0.1, 0.15) is 105 Å². The van der Waals surface area contributed by atoms with E-state index in [0.717, 1.165) is 49.4 Å². The van der Waals surface area contributed by atoms with Crippen molar-refractivity contribution >= 4 is 11.8 Å². The Morgan fingerprint density at radius 1 is 1.03 bits per heavy atom. The van der Waals surface area contributed by atoms with E-state index in [4.69, 9.17) is 4.74 Å². The van der Waals surface area contributed by atoms with Crippen LogP contribution < -0.4 is 0 Å². The third kappa shape index (κ3) is 3.81. The first-order valence-electron chi connectivity index (χ1n) is 12.4. The Morgan fingerprint density at radius 3 is 2.55 bits per heavy atom. The van der Waals surface area contributed by atoms with Gasteiger partial charge in [-0.15, -0.1) is 0 Å². The molecular formula is C26H42O3. The number of Topliss-reactive ketones (excluding diaryl/α,β-unsaturated/α-hetero) is 1. The van der Waals surface area contributed by atoms with Crippen molar-refractivity contribution in [3.05, 3.63) is 0 Å². The summed E-state index contributed by atoms with van der Waals surface area (Å²) in [6.45, 7) is 8.97. The topological polar surface area (TPSA) is 43.4 Å². The average Bonchev–Trinajstić information content (AvgIpc) is 2.98. The van der Waals surface area contributed by atoms with E-state index in [0.29, 0.717) is 29.0 Å². The van der Waals surface area contributed by atoms with Crippen LogP contribution >= 0.6 is 0 Å². The first kappa shape index (κ1) is 21.4. The molecule has 0 spiro atoms. The third-order valence-corrected chi connectivity index (χ3v) is 9.98. The summed E-state index contributed by atoms with van der Waals surface area (Å²) in [4.78, 5) is 24.0. The number of fused-ring (bicyclic) bond motifs is 5. The summed E-state index contributed by atoms with van der Waals surface area (Å²) >= 11 is 0. The lowest BCUT2D eigenvalue weighted by Crippen LogP contribution is -2.53. The Bertz CT molecular complexity index is 640. The molecule has 4 aliphatic carbocycles. The molecule has 3 heteroatoms. The second kappa shape index (κ2) is 8.00. The molecule has 0 radical (unpaired) electrons. The number of hydrogen-bond acceptors (Lipinski definition) is 3. The fraction of sp³-hybridized carbons (Fsp3) is 0.923. The van der Waals surface area contributed by atoms with E-state index in [-0.39, 0.29) is 12.1 Å². The van der Waals surface area contributed by atoms with Crippen LogP contribution in [0.15, 0.2) is 0 Å². The van der Waals surface area contributed by atoms with Crippen LogP contribution in [0, 0.1) is 40.4 Å². The van der Waals surface area contributed by atoms with Crippen LogP contribution in [-0.2, 0) is 14.3 Å². The number of rotatable bonds is 5. The molecule has 0 aromatic rings. The fourth-order valence-electron chi connectivity index (χ4n) is 8.44. The molecule has 0 N–H and O–H groups in total. The summed E-state index contributed by atoms with van der Waals surface area (Å²) in [5.74, 6) is 4.50. The van der Waals surface area contributed by atoms with Crippen molar-refractivity contribution in [1.29, 1.82) is 0 Å². The standard InChI is InChI=1S/C26H42O3/c1-17(2)29-24(28)7-5-6-18-9-11-22-21-10-8-19-16-20(27)12-14-26(19,4)23(21)13-15-25(18,22)3/h17-19,21-23H,5-16H2,1-4H3/t18-,19?,21?,22?,23?,25+,26-/m0/s1. The summed E-state index contributed by atoms with van der Waals surface area (Å²) < 4.78 is 5.32. The fourth-order valence-corrected chi connectivity index (χ4v) is 8.44. The molecule has 0 saturated heterocycles. The molecule has 0 amide bonds. The highest BCUT2D eigenvalue weighted by Crippen LogP contribution is 2.67. The van der Waals surface area contributed by atoms with E-state index in [2.05, 4.69) is 13.8 Å². The van der Waals surface area contributed by atoms with E-state index in [9.17, 15) is 9.59 Å². The second-order valence-electron chi connectivity index (χ2n) is 11.6. The highest BCUT2D eigenvalue weighted by Gasteiger charge is 2.59. The van der Waals surface area contributed by atoms with Gasteiger partial charge < -0.3 is 4.74 Å². The zero-order chi connectivity index (χ0) is 20.8. The number of carbonyl (C=O) groups is 2. The quantitative estimate of drug-likeness (QED) is 0.504. The molecule has 4 unspecified atom stereocenters. The SMILES string of the molecule is CC(C)OC(=O)CCC[C@H]1CCC2C3CCC4CC(=O)CC[C@]4(C)C3CC[C@@]21C. The molecule has 164 valence electrons. The lowest BCUT2D eigenvalue weighted by atomic mass is 9.44. The van der Waals surface area contributed by atoms with Gasteiger partial charge >= 0.3 is 5.97 Å². The molecule has 7 atom stereocenters. The summed E-state index contributed by atoms with van der Waals surface area (Å²) in [6.07, 6.45) is 13.7. The van der Waals surface area contributed by atoms with Crippen molar-refractivity contribution in [2.75, 3.05) is 0 Å².